The van der Waals surface area contributed by atoms with Gasteiger partial charge in [0.2, 0.25) is 0 Å². The summed E-state index contributed by atoms with van der Waals surface area (Å²) in [6.07, 6.45) is 2.00. The Balaban J connectivity index is 2.16. The predicted molar refractivity (Wildman–Crippen MR) is 124 cm³/mol. The molecule has 5 nitrogen and oxygen atoms in total. The molecule has 0 spiro atoms. The molecule has 0 radical (unpaired) electrons. The Kier molecular flexibility index (Phi) is 6.72. The minimum Gasteiger partial charge on any atom is -0.466 e. The van der Waals surface area contributed by atoms with E-state index >= 15 is 0 Å². The lowest BCUT2D eigenvalue weighted by molar-refractivity contribution is -0.142. The highest BCUT2D eigenvalue weighted by Crippen LogP contribution is 2.66. The third kappa shape index (κ3) is 4.79. The second kappa shape index (κ2) is 9.09. The Labute approximate surface area is 179 Å². The van der Waals surface area contributed by atoms with E-state index in [4.69, 9.17) is 4.74 Å². The van der Waals surface area contributed by atoms with E-state index in [2.05, 4.69) is 20.8 Å². The maximum atomic E-state index is 15.0. The Hall–Kier alpha value is -2.52. The Bertz CT molecular complexity index is 884. The van der Waals surface area contributed by atoms with Crippen LogP contribution in [0.1, 0.15) is 34.1 Å². The van der Waals surface area contributed by atoms with Crippen LogP contribution in [-0.4, -0.2) is 25.7 Å². The number of nitrogens with zero attached hydrogens (tertiary/aromatic N) is 2. The largest absolute Gasteiger partial charge is 0.466 e. The van der Waals surface area contributed by atoms with E-state index in [-0.39, 0.29) is 17.8 Å². The fraction of sp³-hybridized carbons (Fsp3) is 0.375. The van der Waals surface area contributed by atoms with Crippen molar-refractivity contribution in [2.75, 3.05) is 29.0 Å². The molecule has 1 heterocycles. The van der Waals surface area contributed by atoms with E-state index in [0.717, 1.165) is 11.4 Å². The molecule has 160 valence electrons. The van der Waals surface area contributed by atoms with Crippen LogP contribution in [0.15, 0.2) is 72.1 Å². The monoisotopic (exact) mass is 426 g/mol. The van der Waals surface area contributed by atoms with Crippen LogP contribution in [0.25, 0.3) is 0 Å². The average Bonchev–Trinajstić information content (AvgIpc) is 3.06. The number of benzene rings is 2. The predicted octanol–water partition coefficient (Wildman–Crippen LogP) is 6.09. The molecule has 0 N–H and O–H groups in total. The molecule has 1 saturated heterocycles. The fourth-order valence-electron chi connectivity index (χ4n) is 3.77. The first kappa shape index (κ1) is 22.2. The van der Waals surface area contributed by atoms with Crippen molar-refractivity contribution in [2.45, 2.75) is 34.1 Å². The zero-order chi connectivity index (χ0) is 21.8. The summed E-state index contributed by atoms with van der Waals surface area (Å²) in [5.74, 6) is -0.351. The number of hydrogen-bond acceptors (Lipinski definition) is 3. The molecular weight excluding hydrogens is 395 g/mol. The summed E-state index contributed by atoms with van der Waals surface area (Å²) >= 11 is 0. The summed E-state index contributed by atoms with van der Waals surface area (Å²) in [5.41, 5.74) is 1.54. The van der Waals surface area contributed by atoms with Gasteiger partial charge in [-0.05, 0) is 36.6 Å². The van der Waals surface area contributed by atoms with E-state index < -0.39 is 7.44 Å². The molecule has 30 heavy (non-hydrogen) atoms. The van der Waals surface area contributed by atoms with Crippen molar-refractivity contribution in [1.29, 1.82) is 0 Å². The number of allylic oxidation sites excluding steroid dienone is 1. The summed E-state index contributed by atoms with van der Waals surface area (Å²) < 4.78 is 24.1. The lowest BCUT2D eigenvalue weighted by Gasteiger charge is -2.35. The van der Waals surface area contributed by atoms with Crippen LogP contribution >= 0.6 is 7.44 Å². The molecule has 1 aliphatic heterocycles. The third-order valence-electron chi connectivity index (χ3n) is 4.89. The SMILES string of the molecule is CCOC(=O)C/C(=C\C(C)(C)C)P1(=O)N(c2ccccc2)CCN1c1ccccc1. The molecule has 2 aromatic carbocycles. The fourth-order valence-corrected chi connectivity index (χ4v) is 7.16. The average molecular weight is 426 g/mol. The summed E-state index contributed by atoms with van der Waals surface area (Å²) in [6.45, 7) is 9.48. The van der Waals surface area contributed by atoms with Gasteiger partial charge in [0.05, 0.1) is 13.0 Å². The van der Waals surface area contributed by atoms with Gasteiger partial charge in [-0.15, -0.1) is 0 Å². The van der Waals surface area contributed by atoms with Gasteiger partial charge in [0.25, 0.3) is 7.44 Å². The highest BCUT2D eigenvalue weighted by Gasteiger charge is 2.47. The standard InChI is InChI=1S/C24H31N2O3P/c1-5-29-23(27)18-22(19-24(2,3)4)30(28)25(20-12-8-6-9-13-20)16-17-26(30)21-14-10-7-11-15-21/h6-15,19H,5,16-18H2,1-4H3/b22-19+. The topological polar surface area (TPSA) is 49.9 Å². The number of anilines is 2. The summed E-state index contributed by atoms with van der Waals surface area (Å²) in [6, 6.07) is 19.6. The van der Waals surface area contributed by atoms with Crippen molar-refractivity contribution in [3.63, 3.8) is 0 Å². The molecule has 2 aromatic rings. The number of ether oxygens (including phenoxy) is 1. The Morgan fingerprint density at radius 3 is 1.83 bits per heavy atom. The second-order valence-electron chi connectivity index (χ2n) is 8.44. The van der Waals surface area contributed by atoms with Crippen LogP contribution in [0.2, 0.25) is 0 Å². The number of esters is 1. The molecule has 0 aromatic heterocycles. The molecule has 0 aliphatic carbocycles. The molecular formula is C24H31N2O3P. The zero-order valence-corrected chi connectivity index (χ0v) is 19.1. The quantitative estimate of drug-likeness (QED) is 0.413. The van der Waals surface area contributed by atoms with Gasteiger partial charge >= 0.3 is 5.97 Å². The van der Waals surface area contributed by atoms with Crippen molar-refractivity contribution in [1.82, 2.24) is 0 Å². The van der Waals surface area contributed by atoms with Crippen molar-refractivity contribution in [3.05, 3.63) is 72.1 Å². The summed E-state index contributed by atoms with van der Waals surface area (Å²) in [4.78, 5) is 12.5. The maximum Gasteiger partial charge on any atom is 0.310 e. The highest BCUT2D eigenvalue weighted by molar-refractivity contribution is 7.71. The van der Waals surface area contributed by atoms with Crippen LogP contribution in [0.4, 0.5) is 11.4 Å². The summed E-state index contributed by atoms with van der Waals surface area (Å²) in [7, 11) is -3.29. The molecule has 0 atom stereocenters. The third-order valence-corrected chi connectivity index (χ3v) is 8.10. The number of hydrogen-bond donors (Lipinski definition) is 0. The van der Waals surface area contributed by atoms with E-state index in [9.17, 15) is 9.36 Å². The molecule has 1 fully saturated rings. The van der Waals surface area contributed by atoms with Gasteiger partial charge < -0.3 is 14.1 Å². The number of rotatable bonds is 6. The van der Waals surface area contributed by atoms with Crippen LogP contribution in [0.3, 0.4) is 0 Å². The van der Waals surface area contributed by atoms with Gasteiger partial charge in [-0.1, -0.05) is 63.2 Å². The lowest BCUT2D eigenvalue weighted by Crippen LogP contribution is -2.23. The minimum absolute atomic E-state index is 0.00898. The van der Waals surface area contributed by atoms with Gasteiger partial charge in [0.1, 0.15) is 0 Å². The molecule has 3 rings (SSSR count). The number of carbonyl (C=O) groups excluding carboxylic acids is 1. The Morgan fingerprint density at radius 1 is 0.967 bits per heavy atom. The Morgan fingerprint density at radius 2 is 1.43 bits per heavy atom. The lowest BCUT2D eigenvalue weighted by atomic mass is 9.96. The van der Waals surface area contributed by atoms with Gasteiger partial charge in [0.15, 0.2) is 0 Å². The number of para-hydroxylation sites is 2. The molecule has 0 unspecified atom stereocenters. The van der Waals surface area contributed by atoms with E-state index in [1.807, 2.05) is 76.1 Å². The molecule has 6 heteroatoms. The van der Waals surface area contributed by atoms with Crippen molar-refractivity contribution < 1.29 is 14.1 Å². The van der Waals surface area contributed by atoms with Crippen molar-refractivity contribution in [3.8, 4) is 0 Å². The molecule has 1 aliphatic rings. The van der Waals surface area contributed by atoms with E-state index in [1.165, 1.54) is 0 Å². The van der Waals surface area contributed by atoms with Crippen LogP contribution < -0.4 is 9.34 Å². The van der Waals surface area contributed by atoms with Gasteiger partial charge in [-0.25, -0.2) is 0 Å². The minimum atomic E-state index is -3.29. The van der Waals surface area contributed by atoms with Crippen LogP contribution in [0, 0.1) is 5.41 Å². The first-order valence-electron chi connectivity index (χ1n) is 10.4. The first-order valence-corrected chi connectivity index (χ1v) is 12.0. The van der Waals surface area contributed by atoms with Crippen LogP contribution in [-0.2, 0) is 14.1 Å². The highest BCUT2D eigenvalue weighted by atomic mass is 31.2. The molecule has 0 bridgehead atoms. The van der Waals surface area contributed by atoms with E-state index in [1.54, 1.807) is 6.92 Å². The van der Waals surface area contributed by atoms with Gasteiger partial charge in [-0.3, -0.25) is 9.36 Å². The van der Waals surface area contributed by atoms with Crippen molar-refractivity contribution in [2.24, 2.45) is 5.41 Å². The van der Waals surface area contributed by atoms with Crippen LogP contribution in [0.5, 0.6) is 0 Å². The molecule has 0 saturated carbocycles. The van der Waals surface area contributed by atoms with E-state index in [0.29, 0.717) is 25.0 Å². The summed E-state index contributed by atoms with van der Waals surface area (Å²) in [5, 5.41) is 0.624. The second-order valence-corrected chi connectivity index (χ2v) is 11.1. The van der Waals surface area contributed by atoms with Gasteiger partial charge in [0, 0.05) is 29.8 Å². The maximum absolute atomic E-state index is 15.0. The normalized spacial score (nSPS) is 16.6. The first-order chi connectivity index (χ1) is 14.3. The van der Waals surface area contributed by atoms with Gasteiger partial charge in [-0.2, -0.15) is 0 Å². The molecule has 0 amide bonds. The smallest absolute Gasteiger partial charge is 0.310 e. The number of carbonyl (C=O) groups is 1. The van der Waals surface area contributed by atoms with Crippen molar-refractivity contribution >= 4 is 24.8 Å². The zero-order valence-electron chi connectivity index (χ0n) is 18.2.